The predicted octanol–water partition coefficient (Wildman–Crippen LogP) is 3.37. The highest BCUT2D eigenvalue weighted by atomic mass is 16.5. The highest BCUT2D eigenvalue weighted by Gasteiger charge is 2.30. The summed E-state index contributed by atoms with van der Waals surface area (Å²) in [7, 11) is 5.91. The Kier molecular flexibility index (Phi) is 11.2. The lowest BCUT2D eigenvalue weighted by atomic mass is 9.95. The monoisotopic (exact) mass is 583 g/mol. The van der Waals surface area contributed by atoms with Crippen LogP contribution in [0.5, 0.6) is 17.2 Å². The van der Waals surface area contributed by atoms with Crippen molar-refractivity contribution in [2.24, 2.45) is 5.92 Å². The van der Waals surface area contributed by atoms with Crippen molar-refractivity contribution in [3.05, 3.63) is 45.6 Å². The van der Waals surface area contributed by atoms with E-state index in [2.05, 4.69) is 20.7 Å². The van der Waals surface area contributed by atoms with Crippen LogP contribution >= 0.6 is 0 Å². The van der Waals surface area contributed by atoms with Gasteiger partial charge in [0.15, 0.2) is 11.5 Å². The maximum atomic E-state index is 13.7. The number of carbonyl (C=O) groups excluding carboxylic acids is 3. The van der Waals surface area contributed by atoms with Crippen molar-refractivity contribution < 1.29 is 33.3 Å². The molecular weight excluding hydrogens is 542 g/mol. The van der Waals surface area contributed by atoms with Gasteiger partial charge in [-0.15, -0.1) is 0 Å². The first-order chi connectivity index (χ1) is 20.0. The number of nitrogens with one attached hydrogen (secondary N) is 3. The minimum atomic E-state index is -0.727. The third-order valence-electron chi connectivity index (χ3n) is 7.13. The largest absolute Gasteiger partial charge is 0.493 e. The van der Waals surface area contributed by atoms with Crippen molar-refractivity contribution in [2.45, 2.75) is 58.5 Å². The number of hydrogen-bond acceptors (Lipinski definition) is 9. The Balaban J connectivity index is 2.15. The molecule has 42 heavy (non-hydrogen) atoms. The maximum Gasteiger partial charge on any atom is 0.307 e. The van der Waals surface area contributed by atoms with Gasteiger partial charge in [-0.25, -0.2) is 0 Å². The molecule has 0 aromatic heterocycles. The summed E-state index contributed by atoms with van der Waals surface area (Å²) in [6.07, 6.45) is 1.60. The Labute approximate surface area is 246 Å². The second-order valence-electron chi connectivity index (χ2n) is 10.5. The molecule has 3 rings (SSSR count). The van der Waals surface area contributed by atoms with Gasteiger partial charge in [0, 0.05) is 19.0 Å². The van der Waals surface area contributed by atoms with Gasteiger partial charge in [0.05, 0.1) is 46.6 Å². The summed E-state index contributed by atoms with van der Waals surface area (Å²) in [5, 5.41) is 8.87. The summed E-state index contributed by atoms with van der Waals surface area (Å²) in [5.74, 6) is 0.524. The lowest BCUT2D eigenvalue weighted by Crippen LogP contribution is -2.42. The topological polar surface area (TPSA) is 141 Å². The Bertz CT molecular complexity index is 1370. The summed E-state index contributed by atoms with van der Waals surface area (Å²) >= 11 is 0. The minimum Gasteiger partial charge on any atom is -0.493 e. The van der Waals surface area contributed by atoms with Gasteiger partial charge in [0.25, 0.3) is 0 Å². The normalized spacial score (nSPS) is 14.4. The second kappa shape index (κ2) is 14.6. The van der Waals surface area contributed by atoms with Crippen LogP contribution in [0.3, 0.4) is 0 Å². The fourth-order valence-electron chi connectivity index (χ4n) is 5.23. The molecule has 0 saturated heterocycles. The maximum absolute atomic E-state index is 13.7. The molecule has 11 heteroatoms. The lowest BCUT2D eigenvalue weighted by molar-refractivity contribution is -0.140. The third-order valence-corrected chi connectivity index (χ3v) is 7.13. The van der Waals surface area contributed by atoms with Crippen LogP contribution in [-0.4, -0.2) is 58.8 Å². The van der Waals surface area contributed by atoms with E-state index < -0.39 is 18.1 Å². The molecule has 2 amide bonds. The van der Waals surface area contributed by atoms with E-state index in [4.69, 9.17) is 14.2 Å². The van der Waals surface area contributed by atoms with Crippen LogP contribution in [0, 0.1) is 5.92 Å². The molecule has 0 fully saturated rings. The van der Waals surface area contributed by atoms with Gasteiger partial charge in [-0.3, -0.25) is 19.2 Å². The number of carbonyl (C=O) groups is 3. The average molecular weight is 584 g/mol. The molecule has 0 saturated carbocycles. The highest BCUT2D eigenvalue weighted by molar-refractivity contribution is 5.86. The smallest absolute Gasteiger partial charge is 0.307 e. The summed E-state index contributed by atoms with van der Waals surface area (Å²) in [6, 6.07) is 5.66. The van der Waals surface area contributed by atoms with Crippen molar-refractivity contribution in [1.82, 2.24) is 10.6 Å². The van der Waals surface area contributed by atoms with Crippen LogP contribution in [0.4, 0.5) is 5.69 Å². The number of esters is 1. The van der Waals surface area contributed by atoms with Gasteiger partial charge < -0.3 is 34.9 Å². The molecule has 3 N–H and O–H groups in total. The Morgan fingerprint density at radius 3 is 2.31 bits per heavy atom. The van der Waals surface area contributed by atoms with Gasteiger partial charge in [-0.1, -0.05) is 19.9 Å². The summed E-state index contributed by atoms with van der Waals surface area (Å²) in [4.78, 5) is 50.4. The zero-order chi connectivity index (χ0) is 31.0. The average Bonchev–Trinajstić information content (AvgIpc) is 3.19. The molecule has 0 spiro atoms. The predicted molar refractivity (Wildman–Crippen MR) is 159 cm³/mol. The molecule has 0 unspecified atom stereocenters. The summed E-state index contributed by atoms with van der Waals surface area (Å²) in [6.45, 7) is 5.51. The first-order valence-corrected chi connectivity index (χ1v) is 13.9. The Hall–Kier alpha value is -4.28. The van der Waals surface area contributed by atoms with E-state index in [0.717, 1.165) is 11.1 Å². The van der Waals surface area contributed by atoms with E-state index in [9.17, 15) is 19.2 Å². The van der Waals surface area contributed by atoms with Crippen LogP contribution in [0.25, 0.3) is 11.1 Å². The van der Waals surface area contributed by atoms with Gasteiger partial charge in [-0.2, -0.15) is 0 Å². The first-order valence-electron chi connectivity index (χ1n) is 13.9. The van der Waals surface area contributed by atoms with Crippen LogP contribution in [0.15, 0.2) is 29.1 Å². The van der Waals surface area contributed by atoms with Crippen molar-refractivity contribution in [3.63, 3.8) is 0 Å². The molecule has 228 valence electrons. The quantitative estimate of drug-likeness (QED) is 0.321. The third kappa shape index (κ3) is 7.51. The Morgan fingerprint density at radius 1 is 1.00 bits per heavy atom. The van der Waals surface area contributed by atoms with Crippen LogP contribution in [-0.2, 0) is 25.5 Å². The zero-order valence-corrected chi connectivity index (χ0v) is 25.3. The number of fused-ring (bicyclic) bond motifs is 3. The highest BCUT2D eigenvalue weighted by Crippen LogP contribution is 2.50. The van der Waals surface area contributed by atoms with E-state index in [1.54, 1.807) is 19.2 Å². The molecule has 0 heterocycles. The van der Waals surface area contributed by atoms with Crippen LogP contribution in [0.1, 0.15) is 57.2 Å². The molecule has 1 aliphatic carbocycles. The molecule has 2 aromatic carbocycles. The first kappa shape index (κ1) is 32.2. The van der Waals surface area contributed by atoms with Gasteiger partial charge in [0.1, 0.15) is 6.04 Å². The fraction of sp³-hybridized carbons (Fsp3) is 0.484. The SMILES string of the molecule is COC(=O)CCNC(=O)[C@@H](CC(C)C)Nc1ccc2c(cc1=O)[C@H](NC(C)=O)CCc1cc(OC)c(OC)c(OC)c1-2. The molecule has 11 nitrogen and oxygen atoms in total. The fourth-order valence-corrected chi connectivity index (χ4v) is 5.23. The zero-order valence-electron chi connectivity index (χ0n) is 25.3. The van der Waals surface area contributed by atoms with E-state index in [-0.39, 0.29) is 41.8 Å². The van der Waals surface area contributed by atoms with E-state index >= 15 is 0 Å². The van der Waals surface area contributed by atoms with Crippen molar-refractivity contribution in [1.29, 1.82) is 0 Å². The molecule has 0 radical (unpaired) electrons. The summed E-state index contributed by atoms with van der Waals surface area (Å²) in [5.41, 5.74) is 2.83. The van der Waals surface area contributed by atoms with E-state index in [1.807, 2.05) is 19.9 Å². The van der Waals surface area contributed by atoms with Gasteiger partial charge in [0.2, 0.25) is 23.0 Å². The number of benzene rings is 1. The number of rotatable bonds is 12. The summed E-state index contributed by atoms with van der Waals surface area (Å²) < 4.78 is 21.7. The number of ether oxygens (including phenoxy) is 4. The van der Waals surface area contributed by atoms with Crippen LogP contribution < -0.4 is 35.6 Å². The van der Waals surface area contributed by atoms with Crippen molar-refractivity contribution in [2.75, 3.05) is 40.3 Å². The van der Waals surface area contributed by atoms with Crippen molar-refractivity contribution in [3.8, 4) is 28.4 Å². The van der Waals surface area contributed by atoms with Gasteiger partial charge >= 0.3 is 5.97 Å². The number of aryl methyl sites for hydroxylation is 1. The molecule has 2 aromatic rings. The molecule has 0 bridgehead atoms. The molecule has 2 atom stereocenters. The number of anilines is 1. The van der Waals surface area contributed by atoms with Gasteiger partial charge in [-0.05, 0) is 60.1 Å². The molecular formula is C31H41N3O8. The van der Waals surface area contributed by atoms with E-state index in [0.29, 0.717) is 47.6 Å². The molecule has 0 aliphatic heterocycles. The second-order valence-corrected chi connectivity index (χ2v) is 10.5. The standard InChI is InChI=1S/C31H41N3O8/c1-17(2)14-24(31(38)32-13-12-27(37)40-5)34-23-11-9-20-21(16-25(23)36)22(33-18(3)35)10-8-19-15-26(39-4)29(41-6)30(42-7)28(19)20/h9,11,15-17,22,24H,8,10,12-14H2,1-7H3,(H,32,38)(H,33,35)(H,34,36)/t22-,24-/m1/s1. The molecule has 1 aliphatic rings. The number of amides is 2. The van der Waals surface area contributed by atoms with E-state index in [1.165, 1.54) is 34.3 Å². The number of methoxy groups -OCH3 is 4. The Morgan fingerprint density at radius 2 is 1.71 bits per heavy atom. The van der Waals surface area contributed by atoms with Crippen molar-refractivity contribution >= 4 is 23.5 Å². The lowest BCUT2D eigenvalue weighted by Gasteiger charge is -2.20. The van der Waals surface area contributed by atoms with Crippen LogP contribution in [0.2, 0.25) is 0 Å². The minimum absolute atomic E-state index is 0.0382. The number of hydrogen-bond donors (Lipinski definition) is 3.